The number of nitrogens with one attached hydrogen (secondary N) is 1. The molecule has 1 aliphatic carbocycles. The number of carbonyl (C=O) groups excluding carboxylic acids is 2. The summed E-state index contributed by atoms with van der Waals surface area (Å²) in [5.74, 6) is 1.06. The molecule has 2 fully saturated rings. The number of piperidine rings is 1. The molecular formula is C18H23NO2. The largest absolute Gasteiger partial charge is 0.296 e. The van der Waals surface area contributed by atoms with E-state index in [9.17, 15) is 9.59 Å². The Kier molecular flexibility index (Phi) is 3.60. The molecule has 1 aromatic carbocycles. The highest BCUT2D eigenvalue weighted by Gasteiger charge is 2.55. The van der Waals surface area contributed by atoms with Gasteiger partial charge in [-0.1, -0.05) is 44.2 Å². The predicted molar refractivity (Wildman–Crippen MR) is 81.4 cm³/mol. The van der Waals surface area contributed by atoms with E-state index in [1.807, 2.05) is 18.2 Å². The van der Waals surface area contributed by atoms with Gasteiger partial charge in [0, 0.05) is 12.3 Å². The van der Waals surface area contributed by atoms with Gasteiger partial charge in [-0.15, -0.1) is 0 Å². The first kappa shape index (κ1) is 14.3. The van der Waals surface area contributed by atoms with Gasteiger partial charge >= 0.3 is 0 Å². The Morgan fingerprint density at radius 1 is 1.19 bits per heavy atom. The highest BCUT2D eigenvalue weighted by atomic mass is 16.2. The first-order chi connectivity index (χ1) is 10.00. The van der Waals surface area contributed by atoms with Crippen molar-refractivity contribution in [2.45, 2.75) is 39.5 Å². The van der Waals surface area contributed by atoms with Gasteiger partial charge in [0.15, 0.2) is 0 Å². The summed E-state index contributed by atoms with van der Waals surface area (Å²) in [5.41, 5.74) is 1.09. The van der Waals surface area contributed by atoms with Crippen LogP contribution in [0.4, 0.5) is 0 Å². The minimum Gasteiger partial charge on any atom is -0.296 e. The fraction of sp³-hybridized carbons (Fsp3) is 0.556. The van der Waals surface area contributed by atoms with E-state index < -0.39 is 0 Å². The van der Waals surface area contributed by atoms with E-state index in [1.165, 1.54) is 5.56 Å². The summed E-state index contributed by atoms with van der Waals surface area (Å²) in [6, 6.07) is 10.1. The zero-order valence-corrected chi connectivity index (χ0v) is 12.8. The molecule has 21 heavy (non-hydrogen) atoms. The molecule has 1 saturated carbocycles. The van der Waals surface area contributed by atoms with Crippen molar-refractivity contribution >= 4 is 11.8 Å². The maximum atomic E-state index is 12.4. The minimum atomic E-state index is -0.0931. The van der Waals surface area contributed by atoms with Crippen molar-refractivity contribution in [1.82, 2.24) is 5.32 Å². The zero-order chi connectivity index (χ0) is 15.0. The van der Waals surface area contributed by atoms with Crippen LogP contribution in [-0.2, 0) is 16.0 Å². The van der Waals surface area contributed by atoms with E-state index >= 15 is 0 Å². The number of imide groups is 1. The quantitative estimate of drug-likeness (QED) is 0.868. The Hall–Kier alpha value is -1.64. The van der Waals surface area contributed by atoms with Crippen LogP contribution in [0.15, 0.2) is 30.3 Å². The van der Waals surface area contributed by atoms with E-state index in [-0.39, 0.29) is 23.1 Å². The van der Waals surface area contributed by atoms with Crippen molar-refractivity contribution in [3.63, 3.8) is 0 Å². The summed E-state index contributed by atoms with van der Waals surface area (Å²) < 4.78 is 0. The molecule has 2 amide bonds. The molecule has 3 rings (SSSR count). The SMILES string of the molecule is CC(C)C1CC2(CC(=O)NC(=O)C2Cc2ccccc2)C1. The molecule has 1 atom stereocenters. The van der Waals surface area contributed by atoms with Gasteiger partial charge in [0.05, 0.1) is 0 Å². The Morgan fingerprint density at radius 2 is 1.86 bits per heavy atom. The molecule has 0 radical (unpaired) electrons. The molecule has 1 saturated heterocycles. The molecular weight excluding hydrogens is 262 g/mol. The van der Waals surface area contributed by atoms with Crippen molar-refractivity contribution in [3.8, 4) is 0 Å². The van der Waals surface area contributed by atoms with Crippen molar-refractivity contribution < 1.29 is 9.59 Å². The lowest BCUT2D eigenvalue weighted by Gasteiger charge is -2.55. The van der Waals surface area contributed by atoms with Crippen LogP contribution < -0.4 is 5.32 Å². The molecule has 1 heterocycles. The molecule has 0 bridgehead atoms. The normalized spacial score (nSPS) is 32.1. The highest BCUT2D eigenvalue weighted by molar-refractivity contribution is 6.00. The number of hydrogen-bond donors (Lipinski definition) is 1. The van der Waals surface area contributed by atoms with Gasteiger partial charge in [-0.2, -0.15) is 0 Å². The fourth-order valence-electron chi connectivity index (χ4n) is 4.03. The van der Waals surface area contributed by atoms with Crippen LogP contribution in [0.1, 0.15) is 38.7 Å². The second-order valence-electron chi connectivity index (χ2n) is 7.11. The molecule has 1 spiro atoms. The monoisotopic (exact) mass is 285 g/mol. The Morgan fingerprint density at radius 3 is 2.48 bits per heavy atom. The summed E-state index contributed by atoms with van der Waals surface area (Å²) in [7, 11) is 0. The van der Waals surface area contributed by atoms with Gasteiger partial charge in [0.2, 0.25) is 11.8 Å². The Balaban J connectivity index is 1.81. The minimum absolute atomic E-state index is 0.0624. The Bertz CT molecular complexity index is 544. The van der Waals surface area contributed by atoms with Crippen LogP contribution in [0.5, 0.6) is 0 Å². The third-order valence-corrected chi connectivity index (χ3v) is 5.39. The molecule has 1 unspecified atom stereocenters. The first-order valence-electron chi connectivity index (χ1n) is 7.88. The van der Waals surface area contributed by atoms with Crippen LogP contribution in [0, 0.1) is 23.2 Å². The molecule has 2 aliphatic rings. The molecule has 3 nitrogen and oxygen atoms in total. The summed E-state index contributed by atoms with van der Waals surface area (Å²) in [6.45, 7) is 4.46. The summed E-state index contributed by atoms with van der Waals surface area (Å²) in [5, 5.41) is 2.54. The molecule has 3 heteroatoms. The predicted octanol–water partition coefficient (Wildman–Crippen LogP) is 2.94. The van der Waals surface area contributed by atoms with E-state index in [0.29, 0.717) is 18.3 Å². The lowest BCUT2D eigenvalue weighted by atomic mass is 9.50. The summed E-state index contributed by atoms with van der Waals surface area (Å²) in [6.07, 6.45) is 3.28. The van der Waals surface area contributed by atoms with E-state index in [2.05, 4.69) is 31.3 Å². The maximum Gasteiger partial charge on any atom is 0.230 e. The number of benzene rings is 1. The summed E-state index contributed by atoms with van der Waals surface area (Å²) >= 11 is 0. The van der Waals surface area contributed by atoms with Crippen molar-refractivity contribution in [2.24, 2.45) is 23.2 Å². The number of carbonyl (C=O) groups is 2. The highest BCUT2D eigenvalue weighted by Crippen LogP contribution is 2.57. The standard InChI is InChI=1S/C18H23NO2/c1-12(2)14-9-18(10-14)11-16(20)19-17(21)15(18)8-13-6-4-3-5-7-13/h3-7,12,14-15H,8-11H2,1-2H3,(H,19,20,21). The van der Waals surface area contributed by atoms with Crippen molar-refractivity contribution in [3.05, 3.63) is 35.9 Å². The molecule has 1 aliphatic heterocycles. The maximum absolute atomic E-state index is 12.4. The molecule has 1 aromatic rings. The van der Waals surface area contributed by atoms with Crippen molar-refractivity contribution in [1.29, 1.82) is 0 Å². The molecule has 1 N–H and O–H groups in total. The van der Waals surface area contributed by atoms with Crippen LogP contribution in [-0.4, -0.2) is 11.8 Å². The smallest absolute Gasteiger partial charge is 0.230 e. The van der Waals surface area contributed by atoms with Gasteiger partial charge in [0.25, 0.3) is 0 Å². The zero-order valence-electron chi connectivity index (χ0n) is 12.8. The first-order valence-corrected chi connectivity index (χ1v) is 7.88. The van der Waals surface area contributed by atoms with Gasteiger partial charge in [-0.25, -0.2) is 0 Å². The van der Waals surface area contributed by atoms with Crippen LogP contribution in [0.3, 0.4) is 0 Å². The van der Waals surface area contributed by atoms with Crippen LogP contribution in [0.25, 0.3) is 0 Å². The van der Waals surface area contributed by atoms with Gasteiger partial charge < -0.3 is 0 Å². The second kappa shape index (κ2) is 5.28. The number of amides is 2. The number of rotatable bonds is 3. The third-order valence-electron chi connectivity index (χ3n) is 5.39. The van der Waals surface area contributed by atoms with Crippen LogP contribution >= 0.6 is 0 Å². The van der Waals surface area contributed by atoms with Gasteiger partial charge in [0.1, 0.15) is 0 Å². The van der Waals surface area contributed by atoms with E-state index in [0.717, 1.165) is 19.3 Å². The molecule has 0 aromatic heterocycles. The van der Waals surface area contributed by atoms with E-state index in [4.69, 9.17) is 0 Å². The molecule has 112 valence electrons. The lowest BCUT2D eigenvalue weighted by molar-refractivity contribution is -0.153. The summed E-state index contributed by atoms with van der Waals surface area (Å²) in [4.78, 5) is 24.2. The van der Waals surface area contributed by atoms with Crippen LogP contribution in [0.2, 0.25) is 0 Å². The van der Waals surface area contributed by atoms with E-state index in [1.54, 1.807) is 0 Å². The van der Waals surface area contributed by atoms with Gasteiger partial charge in [-0.3, -0.25) is 14.9 Å². The average molecular weight is 285 g/mol. The Labute approximate surface area is 126 Å². The average Bonchev–Trinajstić information content (AvgIpc) is 2.40. The third kappa shape index (κ3) is 2.61. The van der Waals surface area contributed by atoms with Gasteiger partial charge in [-0.05, 0) is 42.1 Å². The number of hydrogen-bond acceptors (Lipinski definition) is 2. The lowest BCUT2D eigenvalue weighted by Crippen LogP contribution is -2.58. The fourth-order valence-corrected chi connectivity index (χ4v) is 4.03. The second-order valence-corrected chi connectivity index (χ2v) is 7.11. The van der Waals surface area contributed by atoms with Crippen molar-refractivity contribution in [2.75, 3.05) is 0 Å². The topological polar surface area (TPSA) is 46.2 Å².